The first-order valence-corrected chi connectivity index (χ1v) is 5.62. The van der Waals surface area contributed by atoms with Gasteiger partial charge in [0.25, 0.3) is 0 Å². The third-order valence-corrected chi connectivity index (χ3v) is 2.89. The molecule has 0 aliphatic carbocycles. The Kier molecular flexibility index (Phi) is 3.46. The van der Waals surface area contributed by atoms with Gasteiger partial charge in [0, 0.05) is 17.9 Å². The summed E-state index contributed by atoms with van der Waals surface area (Å²) in [5.74, 6) is -0.838. The average Bonchev–Trinajstić information content (AvgIpc) is 2.38. The normalized spacial score (nSPS) is 11.8. The largest absolute Gasteiger partial charge is 0.478 e. The van der Waals surface area contributed by atoms with E-state index in [0.717, 1.165) is 24.4 Å². The third kappa shape index (κ3) is 2.87. The van der Waals surface area contributed by atoms with Crippen LogP contribution in [0.15, 0.2) is 6.07 Å². The summed E-state index contributed by atoms with van der Waals surface area (Å²) in [6.45, 7) is 11.3. The van der Waals surface area contributed by atoms with Gasteiger partial charge in [-0.2, -0.15) is 0 Å². The second kappa shape index (κ2) is 4.32. The van der Waals surface area contributed by atoms with E-state index in [1.807, 2.05) is 13.8 Å². The summed E-state index contributed by atoms with van der Waals surface area (Å²) in [4.78, 5) is 11.0. The van der Waals surface area contributed by atoms with Gasteiger partial charge in [0.05, 0.1) is 5.56 Å². The highest BCUT2D eigenvalue weighted by Crippen LogP contribution is 2.22. The third-order valence-electron chi connectivity index (χ3n) is 2.89. The Hall–Kier alpha value is -1.25. The van der Waals surface area contributed by atoms with E-state index >= 15 is 0 Å². The molecule has 16 heavy (non-hydrogen) atoms. The molecule has 1 N–H and O–H groups in total. The predicted molar refractivity (Wildman–Crippen MR) is 64.9 cm³/mol. The Morgan fingerprint density at radius 2 is 1.94 bits per heavy atom. The molecule has 0 unspecified atom stereocenters. The second-order valence-electron chi connectivity index (χ2n) is 5.55. The van der Waals surface area contributed by atoms with E-state index in [0.29, 0.717) is 5.56 Å². The molecule has 0 radical (unpaired) electrons. The molecule has 3 heteroatoms. The Morgan fingerprint density at radius 1 is 1.38 bits per heavy atom. The molecule has 1 rings (SSSR count). The standard InChI is InChI=1S/C13H21NO2/c1-9-8-11(12(15)16)10(2)14(9)7-6-13(3,4)5/h8H,6-7H2,1-5H3,(H,15,16). The first-order chi connectivity index (χ1) is 7.22. The maximum Gasteiger partial charge on any atom is 0.337 e. The summed E-state index contributed by atoms with van der Waals surface area (Å²) in [6, 6.07) is 1.75. The predicted octanol–water partition coefficient (Wildman–Crippen LogP) is 3.24. The summed E-state index contributed by atoms with van der Waals surface area (Å²) in [7, 11) is 0. The smallest absolute Gasteiger partial charge is 0.337 e. The molecule has 1 heterocycles. The van der Waals surface area contributed by atoms with Gasteiger partial charge >= 0.3 is 5.97 Å². The Balaban J connectivity index is 2.93. The van der Waals surface area contributed by atoms with Crippen LogP contribution in [0.5, 0.6) is 0 Å². The first-order valence-electron chi connectivity index (χ1n) is 5.62. The monoisotopic (exact) mass is 223 g/mol. The van der Waals surface area contributed by atoms with Crippen molar-refractivity contribution >= 4 is 5.97 Å². The summed E-state index contributed by atoms with van der Waals surface area (Å²) < 4.78 is 2.09. The highest BCUT2D eigenvalue weighted by atomic mass is 16.4. The van der Waals surface area contributed by atoms with Gasteiger partial charge in [0.2, 0.25) is 0 Å². The van der Waals surface area contributed by atoms with E-state index in [9.17, 15) is 4.79 Å². The molecule has 0 spiro atoms. The van der Waals surface area contributed by atoms with Crippen LogP contribution in [0.1, 0.15) is 48.9 Å². The summed E-state index contributed by atoms with van der Waals surface area (Å²) >= 11 is 0. The van der Waals surface area contributed by atoms with Gasteiger partial charge in [0.15, 0.2) is 0 Å². The molecule has 0 saturated carbocycles. The van der Waals surface area contributed by atoms with Crippen molar-refractivity contribution in [2.45, 2.75) is 47.6 Å². The van der Waals surface area contributed by atoms with E-state index < -0.39 is 5.97 Å². The van der Waals surface area contributed by atoms with Gasteiger partial charge in [-0.15, -0.1) is 0 Å². The number of aromatic carboxylic acids is 1. The van der Waals surface area contributed by atoms with Crippen molar-refractivity contribution in [3.05, 3.63) is 23.0 Å². The van der Waals surface area contributed by atoms with E-state index in [1.165, 1.54) is 0 Å². The van der Waals surface area contributed by atoms with Crippen molar-refractivity contribution in [1.82, 2.24) is 4.57 Å². The quantitative estimate of drug-likeness (QED) is 0.854. The van der Waals surface area contributed by atoms with Gasteiger partial charge in [-0.1, -0.05) is 20.8 Å². The number of hydrogen-bond donors (Lipinski definition) is 1. The van der Waals surface area contributed by atoms with Crippen LogP contribution in [0.25, 0.3) is 0 Å². The van der Waals surface area contributed by atoms with E-state index in [2.05, 4.69) is 25.3 Å². The molecule has 0 aliphatic heterocycles. The Morgan fingerprint density at radius 3 is 2.31 bits per heavy atom. The lowest BCUT2D eigenvalue weighted by Crippen LogP contribution is -2.12. The van der Waals surface area contributed by atoms with E-state index in [-0.39, 0.29) is 5.41 Å². The Bertz CT molecular complexity index is 397. The van der Waals surface area contributed by atoms with Crippen molar-refractivity contribution in [1.29, 1.82) is 0 Å². The second-order valence-corrected chi connectivity index (χ2v) is 5.55. The fourth-order valence-electron chi connectivity index (χ4n) is 1.81. The van der Waals surface area contributed by atoms with E-state index in [4.69, 9.17) is 5.11 Å². The molecule has 90 valence electrons. The minimum atomic E-state index is -0.838. The van der Waals surface area contributed by atoms with Crippen LogP contribution in [-0.4, -0.2) is 15.6 Å². The summed E-state index contributed by atoms with van der Waals surface area (Å²) in [5.41, 5.74) is 2.58. The molecule has 1 aromatic heterocycles. The SMILES string of the molecule is Cc1cc(C(=O)O)c(C)n1CCC(C)(C)C. The zero-order valence-corrected chi connectivity index (χ0v) is 10.8. The lowest BCUT2D eigenvalue weighted by atomic mass is 9.92. The molecule has 0 saturated heterocycles. The molecular weight excluding hydrogens is 202 g/mol. The van der Waals surface area contributed by atoms with Crippen LogP contribution in [0.4, 0.5) is 0 Å². The number of aromatic nitrogens is 1. The maximum atomic E-state index is 11.0. The number of aryl methyl sites for hydroxylation is 1. The summed E-state index contributed by atoms with van der Waals surface area (Å²) in [5, 5.41) is 9.02. The lowest BCUT2D eigenvalue weighted by Gasteiger charge is -2.20. The van der Waals surface area contributed by atoms with Gasteiger partial charge < -0.3 is 9.67 Å². The minimum Gasteiger partial charge on any atom is -0.478 e. The van der Waals surface area contributed by atoms with Crippen molar-refractivity contribution in [2.75, 3.05) is 0 Å². The number of carbonyl (C=O) groups is 1. The van der Waals surface area contributed by atoms with Crippen molar-refractivity contribution in [3.8, 4) is 0 Å². The van der Waals surface area contributed by atoms with Crippen molar-refractivity contribution in [3.63, 3.8) is 0 Å². The molecule has 0 amide bonds. The van der Waals surface area contributed by atoms with Crippen LogP contribution in [0, 0.1) is 19.3 Å². The number of carboxylic acid groups (broad SMARTS) is 1. The van der Waals surface area contributed by atoms with Crippen LogP contribution < -0.4 is 0 Å². The van der Waals surface area contributed by atoms with E-state index in [1.54, 1.807) is 6.07 Å². The Labute approximate surface area is 97.1 Å². The maximum absolute atomic E-state index is 11.0. The van der Waals surface area contributed by atoms with Gasteiger partial charge in [0.1, 0.15) is 0 Å². The van der Waals surface area contributed by atoms with Crippen LogP contribution >= 0.6 is 0 Å². The zero-order valence-electron chi connectivity index (χ0n) is 10.8. The van der Waals surface area contributed by atoms with Crippen LogP contribution in [0.2, 0.25) is 0 Å². The van der Waals surface area contributed by atoms with Crippen molar-refractivity contribution < 1.29 is 9.90 Å². The number of rotatable bonds is 3. The fourth-order valence-corrected chi connectivity index (χ4v) is 1.81. The molecule has 0 bridgehead atoms. The molecular formula is C13H21NO2. The van der Waals surface area contributed by atoms with Crippen LogP contribution in [-0.2, 0) is 6.54 Å². The van der Waals surface area contributed by atoms with Gasteiger partial charge in [-0.25, -0.2) is 4.79 Å². The zero-order chi connectivity index (χ0) is 12.5. The fraction of sp³-hybridized carbons (Fsp3) is 0.615. The molecule has 0 aliphatic rings. The van der Waals surface area contributed by atoms with Gasteiger partial charge in [-0.05, 0) is 31.7 Å². The van der Waals surface area contributed by atoms with Crippen molar-refractivity contribution in [2.24, 2.45) is 5.41 Å². The molecule has 3 nitrogen and oxygen atoms in total. The summed E-state index contributed by atoms with van der Waals surface area (Å²) in [6.07, 6.45) is 1.04. The minimum absolute atomic E-state index is 0.270. The topological polar surface area (TPSA) is 42.2 Å². The number of carboxylic acids is 1. The first kappa shape index (κ1) is 12.8. The molecule has 0 fully saturated rings. The molecule has 1 aromatic rings. The average molecular weight is 223 g/mol. The highest BCUT2D eigenvalue weighted by molar-refractivity contribution is 5.89. The molecule has 0 aromatic carbocycles. The number of nitrogens with zero attached hydrogens (tertiary/aromatic N) is 1. The van der Waals surface area contributed by atoms with Gasteiger partial charge in [-0.3, -0.25) is 0 Å². The number of hydrogen-bond acceptors (Lipinski definition) is 1. The van der Waals surface area contributed by atoms with Crippen LogP contribution in [0.3, 0.4) is 0 Å². The lowest BCUT2D eigenvalue weighted by molar-refractivity contribution is 0.0696. The molecule has 0 atom stereocenters. The highest BCUT2D eigenvalue weighted by Gasteiger charge is 2.16.